The Morgan fingerprint density at radius 2 is 1.47 bits per heavy atom. The van der Waals surface area contributed by atoms with Crippen molar-refractivity contribution in [1.29, 1.82) is 0 Å². The highest BCUT2D eigenvalue weighted by molar-refractivity contribution is 6.31. The molecule has 6 rings (SSSR count). The summed E-state index contributed by atoms with van der Waals surface area (Å²) in [5, 5.41) is 9.94. The van der Waals surface area contributed by atoms with E-state index in [2.05, 4.69) is 15.4 Å². The highest BCUT2D eigenvalue weighted by atomic mass is 35.5. The molecule has 0 fully saturated rings. The predicted molar refractivity (Wildman–Crippen MR) is 126 cm³/mol. The van der Waals surface area contributed by atoms with Crippen LogP contribution in [0, 0.1) is 0 Å². The van der Waals surface area contributed by atoms with E-state index in [4.69, 9.17) is 39.5 Å². The summed E-state index contributed by atoms with van der Waals surface area (Å²) in [7, 11) is 0. The van der Waals surface area contributed by atoms with Gasteiger partial charge in [0.1, 0.15) is 24.2 Å². The number of anilines is 1. The summed E-state index contributed by atoms with van der Waals surface area (Å²) >= 11 is 18.7. The molecule has 2 aliphatic heterocycles. The number of benzene rings is 3. The highest BCUT2D eigenvalue weighted by Gasteiger charge is 2.41. The molecule has 4 aromatic rings. The lowest BCUT2D eigenvalue weighted by Crippen LogP contribution is -2.32. The molecule has 2 atom stereocenters. The number of hydrogen-bond donors (Lipinski definition) is 1. The number of hydrogen-bond acceptors (Lipinski definition) is 4. The van der Waals surface area contributed by atoms with Crippen LogP contribution in [0.1, 0.15) is 28.8 Å². The van der Waals surface area contributed by atoms with Crippen molar-refractivity contribution in [1.82, 2.24) is 14.8 Å². The van der Waals surface area contributed by atoms with E-state index in [9.17, 15) is 0 Å². The summed E-state index contributed by atoms with van der Waals surface area (Å²) in [4.78, 5) is 4.44. The van der Waals surface area contributed by atoms with Crippen molar-refractivity contribution in [2.75, 3.05) is 5.32 Å². The minimum atomic E-state index is -0.374. The van der Waals surface area contributed by atoms with Crippen LogP contribution in [-0.2, 0) is 0 Å². The first-order valence-corrected chi connectivity index (χ1v) is 11.1. The number of rotatable bonds is 2. The summed E-state index contributed by atoms with van der Waals surface area (Å²) in [6.07, 6.45) is 1.17. The second-order valence-electron chi connectivity index (χ2n) is 7.63. The van der Waals surface area contributed by atoms with Gasteiger partial charge in [0, 0.05) is 26.2 Å². The van der Waals surface area contributed by atoms with Crippen LogP contribution < -0.4 is 10.1 Å². The molecule has 3 heterocycles. The molecule has 0 bridgehead atoms. The van der Waals surface area contributed by atoms with Gasteiger partial charge < -0.3 is 10.1 Å². The molecule has 0 saturated carbocycles. The van der Waals surface area contributed by atoms with Crippen LogP contribution in [0.25, 0.3) is 5.70 Å². The molecule has 0 saturated heterocycles. The average molecular weight is 482 g/mol. The van der Waals surface area contributed by atoms with E-state index in [1.165, 1.54) is 0 Å². The normalized spacial score (nSPS) is 18.8. The monoisotopic (exact) mass is 480 g/mol. The standard InChI is InChI=1S/C24H15Cl3N4O/c25-15-5-1-13(2-6-15)22-20-21(30-24-28-12-29-31(22)24)18-11-17(27)9-10-19(18)32-23(20)14-3-7-16(26)8-4-14/h1-12,22-23H,(H,28,29,30)/t22-,23-/m1/s1. The van der Waals surface area contributed by atoms with Crippen molar-refractivity contribution >= 4 is 46.4 Å². The van der Waals surface area contributed by atoms with Gasteiger partial charge in [-0.1, -0.05) is 59.1 Å². The molecule has 5 nitrogen and oxygen atoms in total. The number of aromatic nitrogens is 3. The smallest absolute Gasteiger partial charge is 0.226 e. The molecular weight excluding hydrogens is 467 g/mol. The quantitative estimate of drug-likeness (QED) is 0.342. The van der Waals surface area contributed by atoms with E-state index in [1.54, 1.807) is 6.33 Å². The van der Waals surface area contributed by atoms with Crippen LogP contribution in [-0.4, -0.2) is 14.8 Å². The van der Waals surface area contributed by atoms with Crippen molar-refractivity contribution in [3.05, 3.63) is 110 Å². The van der Waals surface area contributed by atoms with Gasteiger partial charge in [-0.3, -0.25) is 0 Å². The van der Waals surface area contributed by atoms with Crippen molar-refractivity contribution in [2.24, 2.45) is 0 Å². The zero-order chi connectivity index (χ0) is 21.8. The Balaban J connectivity index is 1.63. The maximum atomic E-state index is 6.56. The van der Waals surface area contributed by atoms with E-state index in [1.807, 2.05) is 71.4 Å². The molecule has 0 radical (unpaired) electrons. The van der Waals surface area contributed by atoms with Gasteiger partial charge in [-0.25, -0.2) is 4.68 Å². The minimum Gasteiger partial charge on any atom is -0.480 e. The zero-order valence-corrected chi connectivity index (χ0v) is 18.7. The van der Waals surface area contributed by atoms with Gasteiger partial charge >= 0.3 is 0 Å². The van der Waals surface area contributed by atoms with Gasteiger partial charge in [0.15, 0.2) is 0 Å². The molecule has 32 heavy (non-hydrogen) atoms. The molecule has 158 valence electrons. The summed E-state index contributed by atoms with van der Waals surface area (Å²) in [5.74, 6) is 1.38. The largest absolute Gasteiger partial charge is 0.480 e. The first kappa shape index (κ1) is 19.7. The van der Waals surface area contributed by atoms with E-state index in [0.29, 0.717) is 21.0 Å². The molecule has 1 aromatic heterocycles. The molecule has 3 aromatic carbocycles. The molecule has 8 heteroatoms. The van der Waals surface area contributed by atoms with Gasteiger partial charge in [0.25, 0.3) is 0 Å². The van der Waals surface area contributed by atoms with Crippen LogP contribution in [0.15, 0.2) is 78.6 Å². The van der Waals surface area contributed by atoms with Crippen LogP contribution in [0.3, 0.4) is 0 Å². The third kappa shape index (κ3) is 3.16. The van der Waals surface area contributed by atoms with Crippen LogP contribution in [0.2, 0.25) is 15.1 Å². The number of nitrogens with one attached hydrogen (secondary N) is 1. The Hall–Kier alpha value is -2.99. The number of ether oxygens (including phenoxy) is 1. The van der Waals surface area contributed by atoms with Crippen molar-refractivity contribution < 1.29 is 4.74 Å². The van der Waals surface area contributed by atoms with Gasteiger partial charge in [0.05, 0.1) is 5.70 Å². The SMILES string of the molecule is Clc1ccc([C@H]2Oc3ccc(Cl)cc3C3=C2[C@@H](c2ccc(Cl)cc2)n2ncnc2N3)cc1. The van der Waals surface area contributed by atoms with Crippen molar-refractivity contribution in [2.45, 2.75) is 12.1 Å². The number of halogens is 3. The minimum absolute atomic E-state index is 0.256. The summed E-state index contributed by atoms with van der Waals surface area (Å²) in [5.41, 5.74) is 4.79. The third-order valence-electron chi connectivity index (χ3n) is 5.73. The molecular formula is C24H15Cl3N4O. The molecule has 0 amide bonds. The molecule has 0 aliphatic carbocycles. The Kier molecular flexibility index (Phi) is 4.65. The maximum absolute atomic E-state index is 6.56. The van der Waals surface area contributed by atoms with Gasteiger partial charge in [-0.2, -0.15) is 10.1 Å². The molecule has 1 N–H and O–H groups in total. The topological polar surface area (TPSA) is 52.0 Å². The van der Waals surface area contributed by atoms with E-state index in [-0.39, 0.29) is 12.1 Å². The summed E-state index contributed by atoms with van der Waals surface area (Å²) in [6.45, 7) is 0. The lowest BCUT2D eigenvalue weighted by Gasteiger charge is -2.39. The zero-order valence-electron chi connectivity index (χ0n) is 16.5. The summed E-state index contributed by atoms with van der Waals surface area (Å²) in [6, 6.07) is 20.8. The fraction of sp³-hybridized carbons (Fsp3) is 0.0833. The predicted octanol–water partition coefficient (Wildman–Crippen LogP) is 6.80. The third-order valence-corrected chi connectivity index (χ3v) is 6.47. The average Bonchev–Trinajstić information content (AvgIpc) is 3.27. The molecule has 0 unspecified atom stereocenters. The van der Waals surface area contributed by atoms with E-state index >= 15 is 0 Å². The molecule has 2 aliphatic rings. The van der Waals surface area contributed by atoms with E-state index < -0.39 is 0 Å². The summed E-state index contributed by atoms with van der Waals surface area (Å²) < 4.78 is 8.43. The lowest BCUT2D eigenvalue weighted by atomic mass is 9.84. The second-order valence-corrected chi connectivity index (χ2v) is 8.94. The Labute approximate surface area is 199 Å². The first-order valence-electron chi connectivity index (χ1n) is 9.96. The fourth-order valence-electron chi connectivity index (χ4n) is 4.32. The van der Waals surface area contributed by atoms with Crippen molar-refractivity contribution in [3.8, 4) is 5.75 Å². The van der Waals surface area contributed by atoms with Crippen LogP contribution >= 0.6 is 34.8 Å². The highest BCUT2D eigenvalue weighted by Crippen LogP contribution is 2.51. The van der Waals surface area contributed by atoms with Crippen LogP contribution in [0.4, 0.5) is 5.95 Å². The Bertz CT molecular complexity index is 1360. The Morgan fingerprint density at radius 3 is 2.19 bits per heavy atom. The molecule has 0 spiro atoms. The number of fused-ring (bicyclic) bond motifs is 3. The Morgan fingerprint density at radius 1 is 0.812 bits per heavy atom. The lowest BCUT2D eigenvalue weighted by molar-refractivity contribution is 0.223. The second kappa shape index (κ2) is 7.55. The first-order chi connectivity index (χ1) is 15.6. The van der Waals surface area contributed by atoms with Gasteiger partial charge in [-0.05, 0) is 53.6 Å². The fourth-order valence-corrected chi connectivity index (χ4v) is 4.74. The van der Waals surface area contributed by atoms with Crippen LogP contribution in [0.5, 0.6) is 5.75 Å². The van der Waals surface area contributed by atoms with E-state index in [0.717, 1.165) is 33.7 Å². The number of nitrogens with zero attached hydrogens (tertiary/aromatic N) is 3. The van der Waals surface area contributed by atoms with Gasteiger partial charge in [-0.15, -0.1) is 0 Å². The maximum Gasteiger partial charge on any atom is 0.226 e. The van der Waals surface area contributed by atoms with Gasteiger partial charge in [0.2, 0.25) is 5.95 Å². The van der Waals surface area contributed by atoms with Crippen molar-refractivity contribution in [3.63, 3.8) is 0 Å².